The quantitative estimate of drug-likeness (QED) is 0.334. The van der Waals surface area contributed by atoms with Gasteiger partial charge < -0.3 is 26.0 Å². The van der Waals surface area contributed by atoms with E-state index in [9.17, 15) is 0 Å². The Labute approximate surface area is 196 Å². The van der Waals surface area contributed by atoms with Crippen molar-refractivity contribution in [2.75, 3.05) is 32.3 Å². The summed E-state index contributed by atoms with van der Waals surface area (Å²) in [5.74, 6) is 1.36. The number of methoxy groups -OCH3 is 2. The Kier molecular flexibility index (Phi) is 21.3. The van der Waals surface area contributed by atoms with Crippen LogP contribution >= 0.6 is 0 Å². The van der Waals surface area contributed by atoms with Crippen molar-refractivity contribution < 1.29 is 17.4 Å². The second kappa shape index (κ2) is 22.2. The van der Waals surface area contributed by atoms with Crippen LogP contribution in [0.2, 0.25) is 0 Å². The first-order valence-electron chi connectivity index (χ1n) is 10.4. The molecule has 1 heterocycles. The number of pyridine rings is 1. The molecule has 5 N–H and O–H groups in total. The maximum Gasteiger partial charge on any atom is 0.159 e. The van der Waals surface area contributed by atoms with Crippen LogP contribution in [0, 0.1) is 0 Å². The zero-order chi connectivity index (χ0) is 24.6. The van der Waals surface area contributed by atoms with Crippen LogP contribution in [0.25, 0.3) is 0 Å². The molecule has 0 fully saturated rings. The highest BCUT2D eigenvalue weighted by molar-refractivity contribution is 5.51. The summed E-state index contributed by atoms with van der Waals surface area (Å²) in [5, 5.41) is 8.53. The molecule has 0 unspecified atom stereocenters. The van der Waals surface area contributed by atoms with Crippen molar-refractivity contribution in [1.29, 1.82) is 0 Å². The van der Waals surface area contributed by atoms with E-state index in [1.165, 1.54) is 5.56 Å². The maximum atomic E-state index is 8.53. The van der Waals surface area contributed by atoms with Crippen LogP contribution in [0.15, 0.2) is 86.2 Å². The number of aromatic nitrogens is 1. The summed E-state index contributed by atoms with van der Waals surface area (Å²) in [6.45, 7) is 10.3. The van der Waals surface area contributed by atoms with E-state index < -0.39 is 0 Å². The third kappa shape index (κ3) is 14.5. The Bertz CT molecular complexity index is 765. The predicted octanol–water partition coefficient (Wildman–Crippen LogP) is 5.88. The molecule has 32 heavy (non-hydrogen) atoms. The topological polar surface area (TPSA) is 104 Å². The fourth-order valence-corrected chi connectivity index (χ4v) is 2.16. The van der Waals surface area contributed by atoms with E-state index in [1.807, 2.05) is 50.2 Å². The number of benzene rings is 2. The van der Waals surface area contributed by atoms with Gasteiger partial charge in [-0.15, -0.1) is 13.2 Å². The molecule has 0 atom stereocenters. The SMILES string of the molecule is C=C.CC.COc1ccccc1N.COc1cnccc1N.OCCCc1ccccc1.[HH].[HH]. The number of nitrogens with two attached hydrogens (primary N) is 2. The van der Waals surface area contributed by atoms with Gasteiger partial charge in [0.15, 0.2) is 5.75 Å². The molecule has 180 valence electrons. The van der Waals surface area contributed by atoms with E-state index in [0.717, 1.165) is 18.6 Å². The largest absolute Gasteiger partial charge is 0.495 e. The Hall–Kier alpha value is -3.51. The molecule has 0 saturated heterocycles. The van der Waals surface area contributed by atoms with Gasteiger partial charge in [0, 0.05) is 15.7 Å². The van der Waals surface area contributed by atoms with Crippen molar-refractivity contribution in [2.45, 2.75) is 26.7 Å². The smallest absolute Gasteiger partial charge is 0.159 e. The summed E-state index contributed by atoms with van der Waals surface area (Å²) in [4.78, 5) is 3.81. The van der Waals surface area contributed by atoms with E-state index in [-0.39, 0.29) is 9.46 Å². The van der Waals surface area contributed by atoms with E-state index in [1.54, 1.807) is 38.7 Å². The Balaban J connectivity index is -0.000000180. The molecule has 6 nitrogen and oxygen atoms in total. The number of nitrogen functional groups attached to an aromatic ring is 2. The van der Waals surface area contributed by atoms with Gasteiger partial charge in [-0.2, -0.15) is 0 Å². The van der Waals surface area contributed by atoms with Crippen molar-refractivity contribution in [3.8, 4) is 11.5 Å². The molecule has 0 bridgehead atoms. The number of rotatable bonds is 5. The molecule has 1 aromatic heterocycles. The standard InChI is InChI=1S/C9H12O.C7H9NO.C6H8N2O.C2H6.C2H4.2H2/c10-8-4-7-9-5-2-1-3-6-9;1-9-7-5-3-2-4-6(7)8;1-9-6-4-8-3-2-5(6)7;2*1-2;;/h1-3,5-6,10H,4,7-8H2;2-5H,8H2,1H3;2-4H,1H3,(H2,7,8);1-2H3;1-2H2;2*1H. The van der Waals surface area contributed by atoms with Crippen LogP contribution < -0.4 is 20.9 Å². The molecule has 0 spiro atoms. The second-order valence-corrected chi connectivity index (χ2v) is 5.67. The van der Waals surface area contributed by atoms with Crippen molar-refractivity contribution >= 4 is 11.4 Å². The summed E-state index contributed by atoms with van der Waals surface area (Å²) in [6.07, 6.45) is 5.05. The number of aliphatic hydroxyl groups excluding tert-OH is 1. The lowest BCUT2D eigenvalue weighted by molar-refractivity contribution is 0.288. The monoisotopic (exact) mass is 445 g/mol. The van der Waals surface area contributed by atoms with Gasteiger partial charge in [-0.1, -0.05) is 56.3 Å². The zero-order valence-electron chi connectivity index (χ0n) is 19.8. The summed E-state index contributed by atoms with van der Waals surface area (Å²) in [7, 11) is 3.17. The van der Waals surface area contributed by atoms with Gasteiger partial charge in [0.05, 0.1) is 31.8 Å². The van der Waals surface area contributed by atoms with Gasteiger partial charge >= 0.3 is 0 Å². The molecule has 0 saturated carbocycles. The summed E-state index contributed by atoms with van der Waals surface area (Å²) >= 11 is 0. The minimum atomic E-state index is 0. The number of aliphatic hydroxyl groups is 1. The molecule has 2 aromatic carbocycles. The van der Waals surface area contributed by atoms with Crippen LogP contribution in [0.1, 0.15) is 28.7 Å². The average molecular weight is 446 g/mol. The van der Waals surface area contributed by atoms with Crippen molar-refractivity contribution in [3.63, 3.8) is 0 Å². The third-order valence-electron chi connectivity index (χ3n) is 3.64. The fraction of sp³-hybridized carbons (Fsp3) is 0.269. The molecular weight excluding hydrogens is 402 g/mol. The van der Waals surface area contributed by atoms with Gasteiger partial charge in [0.2, 0.25) is 0 Å². The number of hydrogen-bond acceptors (Lipinski definition) is 6. The summed E-state index contributed by atoms with van der Waals surface area (Å²) in [6, 6.07) is 19.3. The van der Waals surface area contributed by atoms with Crippen molar-refractivity contribution in [2.24, 2.45) is 0 Å². The Morgan fingerprint density at radius 1 is 0.844 bits per heavy atom. The molecule has 6 heteroatoms. The second-order valence-electron chi connectivity index (χ2n) is 5.67. The number of aryl methyl sites for hydroxylation is 1. The van der Waals surface area contributed by atoms with Crippen LogP contribution in [-0.2, 0) is 6.42 Å². The van der Waals surface area contributed by atoms with Gasteiger partial charge in [-0.05, 0) is 36.6 Å². The number of ether oxygens (including phenoxy) is 2. The summed E-state index contributed by atoms with van der Waals surface area (Å²) in [5.41, 5.74) is 13.6. The Morgan fingerprint density at radius 3 is 1.81 bits per heavy atom. The fourth-order valence-electron chi connectivity index (χ4n) is 2.16. The molecule has 0 amide bonds. The average Bonchev–Trinajstić information content (AvgIpc) is 2.87. The molecule has 0 aliphatic heterocycles. The number of hydrogen-bond donors (Lipinski definition) is 3. The minimum absolute atomic E-state index is 0. The zero-order valence-corrected chi connectivity index (χ0v) is 19.8. The highest BCUT2D eigenvalue weighted by atomic mass is 16.5. The normalized spacial score (nSPS) is 8.41. The van der Waals surface area contributed by atoms with Crippen LogP contribution in [0.3, 0.4) is 0 Å². The lowest BCUT2D eigenvalue weighted by Crippen LogP contribution is -1.91. The van der Waals surface area contributed by atoms with E-state index in [2.05, 4.69) is 30.3 Å². The molecular formula is C26H43N3O3. The maximum absolute atomic E-state index is 8.53. The van der Waals surface area contributed by atoms with Gasteiger partial charge in [0.25, 0.3) is 0 Å². The number of para-hydroxylation sites is 2. The van der Waals surface area contributed by atoms with Crippen molar-refractivity contribution in [1.82, 2.24) is 4.98 Å². The van der Waals surface area contributed by atoms with E-state index in [0.29, 0.717) is 17.1 Å². The molecule has 0 aliphatic carbocycles. The molecule has 0 radical (unpaired) electrons. The lowest BCUT2D eigenvalue weighted by atomic mass is 10.1. The van der Waals surface area contributed by atoms with Crippen LogP contribution in [0.4, 0.5) is 11.4 Å². The first-order valence-corrected chi connectivity index (χ1v) is 10.4. The highest BCUT2D eigenvalue weighted by Gasteiger charge is 1.93. The lowest BCUT2D eigenvalue weighted by Gasteiger charge is -2.00. The van der Waals surface area contributed by atoms with Gasteiger partial charge in [-0.25, -0.2) is 0 Å². The molecule has 3 rings (SSSR count). The van der Waals surface area contributed by atoms with Crippen LogP contribution in [0.5, 0.6) is 11.5 Å². The van der Waals surface area contributed by atoms with Gasteiger partial charge in [-0.3, -0.25) is 4.98 Å². The molecule has 0 aliphatic rings. The van der Waals surface area contributed by atoms with Gasteiger partial charge in [0.1, 0.15) is 5.75 Å². The van der Waals surface area contributed by atoms with Crippen LogP contribution in [-0.4, -0.2) is 30.9 Å². The first kappa shape index (κ1) is 30.7. The third-order valence-corrected chi connectivity index (χ3v) is 3.64. The highest BCUT2D eigenvalue weighted by Crippen LogP contribution is 2.18. The molecule has 3 aromatic rings. The van der Waals surface area contributed by atoms with Crippen molar-refractivity contribution in [3.05, 3.63) is 91.8 Å². The first-order chi connectivity index (χ1) is 15.6. The Morgan fingerprint density at radius 2 is 1.38 bits per heavy atom. The predicted molar refractivity (Wildman–Crippen MR) is 141 cm³/mol. The minimum Gasteiger partial charge on any atom is -0.495 e. The van der Waals surface area contributed by atoms with E-state index in [4.69, 9.17) is 26.0 Å². The number of anilines is 2. The number of nitrogens with zero attached hydrogens (tertiary/aromatic N) is 1. The van der Waals surface area contributed by atoms with E-state index >= 15 is 0 Å². The summed E-state index contributed by atoms with van der Waals surface area (Å²) < 4.78 is 9.78.